The van der Waals surface area contributed by atoms with Crippen LogP contribution in [-0.2, 0) is 0 Å². The zero-order valence-corrected chi connectivity index (χ0v) is 20.6. The smallest absolute Gasteiger partial charge is 0.162 e. The van der Waals surface area contributed by atoms with Crippen molar-refractivity contribution in [2.45, 2.75) is 34.6 Å². The van der Waals surface area contributed by atoms with Gasteiger partial charge in [0.2, 0.25) is 0 Å². The second-order valence-electron chi connectivity index (χ2n) is 9.38. The van der Waals surface area contributed by atoms with Crippen molar-refractivity contribution in [1.82, 2.24) is 0 Å². The van der Waals surface area contributed by atoms with Gasteiger partial charge in [0.25, 0.3) is 0 Å². The molecule has 1 heterocycles. The van der Waals surface area contributed by atoms with Gasteiger partial charge in [-0.15, -0.1) is 0 Å². The average molecular weight is 446 g/mol. The van der Waals surface area contributed by atoms with E-state index in [-0.39, 0.29) is 0 Å². The molecule has 3 nitrogen and oxygen atoms in total. The van der Waals surface area contributed by atoms with E-state index in [0.29, 0.717) is 6.67 Å². The van der Waals surface area contributed by atoms with E-state index in [0.717, 1.165) is 17.1 Å². The maximum Gasteiger partial charge on any atom is 0.162 e. The molecule has 0 saturated carbocycles. The minimum absolute atomic E-state index is 0.679. The highest BCUT2D eigenvalue weighted by Crippen LogP contribution is 2.35. The molecule has 0 amide bonds. The number of hydrazone groups is 1. The van der Waals surface area contributed by atoms with Gasteiger partial charge in [-0.05, 0) is 86.7 Å². The lowest BCUT2D eigenvalue weighted by Crippen LogP contribution is -2.33. The minimum atomic E-state index is 0.679. The summed E-state index contributed by atoms with van der Waals surface area (Å²) in [6, 6.07) is 30.3. The third-order valence-corrected chi connectivity index (χ3v) is 6.50. The van der Waals surface area contributed by atoms with Crippen molar-refractivity contribution in [2.24, 2.45) is 5.10 Å². The Morgan fingerprint density at radius 3 is 1.85 bits per heavy atom. The van der Waals surface area contributed by atoms with Gasteiger partial charge >= 0.3 is 0 Å². The number of rotatable bonds is 4. The Hall–Kier alpha value is -3.85. The first-order chi connectivity index (χ1) is 16.4. The summed E-state index contributed by atoms with van der Waals surface area (Å²) < 4.78 is 0. The van der Waals surface area contributed by atoms with Crippen molar-refractivity contribution < 1.29 is 0 Å². The molecule has 0 radical (unpaired) electrons. The molecular formula is C31H31N3. The molecule has 4 aromatic carbocycles. The van der Waals surface area contributed by atoms with Gasteiger partial charge in [0.1, 0.15) is 6.67 Å². The van der Waals surface area contributed by atoms with Crippen LogP contribution in [0.1, 0.15) is 33.4 Å². The van der Waals surface area contributed by atoms with Crippen LogP contribution in [-0.4, -0.2) is 12.5 Å². The SMILES string of the molecule is Cc1cc(C)cc(-c2cc(C)c(N3CN(c4ccccc4)N=C3c3ccccc3C)c(C)c2)c1. The number of para-hydroxylation sites is 1. The summed E-state index contributed by atoms with van der Waals surface area (Å²) >= 11 is 0. The fraction of sp³-hybridized carbons (Fsp3) is 0.194. The third kappa shape index (κ3) is 4.10. The molecule has 0 fully saturated rings. The van der Waals surface area contributed by atoms with Crippen molar-refractivity contribution in [3.05, 3.63) is 118 Å². The highest BCUT2D eigenvalue weighted by atomic mass is 15.6. The first-order valence-electron chi connectivity index (χ1n) is 11.9. The van der Waals surface area contributed by atoms with E-state index in [2.05, 4.69) is 123 Å². The first kappa shape index (κ1) is 22.0. The quantitative estimate of drug-likeness (QED) is 0.323. The van der Waals surface area contributed by atoms with Gasteiger partial charge in [0, 0.05) is 5.56 Å². The third-order valence-electron chi connectivity index (χ3n) is 6.50. The van der Waals surface area contributed by atoms with Crippen molar-refractivity contribution >= 4 is 17.2 Å². The molecule has 0 aliphatic carbocycles. The highest BCUT2D eigenvalue weighted by molar-refractivity contribution is 6.13. The summed E-state index contributed by atoms with van der Waals surface area (Å²) in [6.45, 7) is 11.6. The maximum absolute atomic E-state index is 5.11. The Morgan fingerprint density at radius 1 is 0.618 bits per heavy atom. The Bertz CT molecular complexity index is 1340. The molecule has 0 spiro atoms. The second kappa shape index (κ2) is 8.83. The number of anilines is 2. The van der Waals surface area contributed by atoms with E-state index in [9.17, 15) is 0 Å². The number of aryl methyl sites for hydroxylation is 5. The molecule has 5 rings (SSSR count). The first-order valence-corrected chi connectivity index (χ1v) is 11.9. The van der Waals surface area contributed by atoms with E-state index in [4.69, 9.17) is 5.10 Å². The molecule has 0 saturated heterocycles. The molecule has 0 unspecified atom stereocenters. The van der Waals surface area contributed by atoms with Crippen LogP contribution in [0.15, 0.2) is 90.0 Å². The largest absolute Gasteiger partial charge is 0.304 e. The molecular weight excluding hydrogens is 414 g/mol. The predicted molar refractivity (Wildman–Crippen MR) is 145 cm³/mol. The zero-order chi connectivity index (χ0) is 23.8. The molecule has 1 aliphatic heterocycles. The highest BCUT2D eigenvalue weighted by Gasteiger charge is 2.29. The van der Waals surface area contributed by atoms with Crippen molar-refractivity contribution in [2.75, 3.05) is 16.6 Å². The number of nitrogens with zero attached hydrogens (tertiary/aromatic N) is 3. The Balaban J connectivity index is 1.61. The van der Waals surface area contributed by atoms with Crippen LogP contribution in [0.5, 0.6) is 0 Å². The number of hydrogen-bond donors (Lipinski definition) is 0. The van der Waals surface area contributed by atoms with Crippen LogP contribution < -0.4 is 9.91 Å². The molecule has 0 bridgehead atoms. The fourth-order valence-corrected chi connectivity index (χ4v) is 5.03. The van der Waals surface area contributed by atoms with Gasteiger partial charge in [0.15, 0.2) is 5.84 Å². The van der Waals surface area contributed by atoms with E-state index in [1.54, 1.807) is 0 Å². The molecule has 1 aliphatic rings. The molecule has 0 N–H and O–H groups in total. The summed E-state index contributed by atoms with van der Waals surface area (Å²) in [5, 5.41) is 7.20. The molecule has 170 valence electrons. The van der Waals surface area contributed by atoms with E-state index < -0.39 is 0 Å². The van der Waals surface area contributed by atoms with E-state index in [1.165, 1.54) is 44.6 Å². The lowest BCUT2D eigenvalue weighted by atomic mass is 9.95. The van der Waals surface area contributed by atoms with Crippen molar-refractivity contribution in [3.63, 3.8) is 0 Å². The Kier molecular flexibility index (Phi) is 5.70. The number of amidine groups is 1. The average Bonchev–Trinajstić information content (AvgIpc) is 3.23. The van der Waals surface area contributed by atoms with Crippen LogP contribution in [0.4, 0.5) is 11.4 Å². The predicted octanol–water partition coefficient (Wildman–Crippen LogP) is 7.54. The Labute approximate surface area is 203 Å². The summed E-state index contributed by atoms with van der Waals surface area (Å²) in [5.41, 5.74) is 12.3. The maximum atomic E-state index is 5.11. The zero-order valence-electron chi connectivity index (χ0n) is 20.6. The summed E-state index contributed by atoms with van der Waals surface area (Å²) in [6.07, 6.45) is 0. The summed E-state index contributed by atoms with van der Waals surface area (Å²) in [7, 11) is 0. The topological polar surface area (TPSA) is 18.8 Å². The van der Waals surface area contributed by atoms with Crippen LogP contribution in [0.2, 0.25) is 0 Å². The standard InChI is InChI=1S/C31H31N3/c1-21-15-22(2)17-26(16-21)27-18-24(4)30(25(5)19-27)33-20-34(28-12-7-6-8-13-28)32-31(33)29-14-10-9-11-23(29)3/h6-19H,20H2,1-5H3. The molecule has 4 aromatic rings. The van der Waals surface area contributed by atoms with Crippen molar-refractivity contribution in [1.29, 1.82) is 0 Å². The molecule has 34 heavy (non-hydrogen) atoms. The number of benzene rings is 4. The van der Waals surface area contributed by atoms with Gasteiger partial charge in [-0.1, -0.05) is 71.8 Å². The van der Waals surface area contributed by atoms with Crippen LogP contribution in [0.25, 0.3) is 11.1 Å². The second-order valence-corrected chi connectivity index (χ2v) is 9.38. The fourth-order valence-electron chi connectivity index (χ4n) is 5.03. The molecule has 0 aromatic heterocycles. The van der Waals surface area contributed by atoms with E-state index in [1.807, 2.05) is 6.07 Å². The van der Waals surface area contributed by atoms with E-state index >= 15 is 0 Å². The van der Waals surface area contributed by atoms with Gasteiger partial charge in [-0.3, -0.25) is 0 Å². The van der Waals surface area contributed by atoms with Gasteiger partial charge < -0.3 is 4.90 Å². The lowest BCUT2D eigenvalue weighted by Gasteiger charge is -2.26. The Morgan fingerprint density at radius 2 is 1.21 bits per heavy atom. The summed E-state index contributed by atoms with van der Waals surface area (Å²) in [4.78, 5) is 2.37. The van der Waals surface area contributed by atoms with Gasteiger partial charge in [0.05, 0.1) is 11.4 Å². The van der Waals surface area contributed by atoms with Crippen LogP contribution in [0.3, 0.4) is 0 Å². The molecule has 3 heteroatoms. The van der Waals surface area contributed by atoms with Gasteiger partial charge in [-0.2, -0.15) is 5.10 Å². The summed E-state index contributed by atoms with van der Waals surface area (Å²) in [5.74, 6) is 0.993. The monoisotopic (exact) mass is 445 g/mol. The lowest BCUT2D eigenvalue weighted by molar-refractivity contribution is 0.908. The minimum Gasteiger partial charge on any atom is -0.304 e. The van der Waals surface area contributed by atoms with Crippen LogP contribution in [0, 0.1) is 34.6 Å². The van der Waals surface area contributed by atoms with Crippen LogP contribution >= 0.6 is 0 Å². The normalized spacial score (nSPS) is 13.4. The van der Waals surface area contributed by atoms with Gasteiger partial charge in [-0.25, -0.2) is 5.01 Å². The number of hydrogen-bond acceptors (Lipinski definition) is 3. The van der Waals surface area contributed by atoms with Crippen molar-refractivity contribution in [3.8, 4) is 11.1 Å². The molecule has 0 atom stereocenters.